The standard InChI is InChI=1S/C16H34N3O6P/c1-16(2,3)14-25-26(22,17(4)5)19-8-6-18(7-9-19)15(21)24-13-12-23-11-10-20/h20H,6-14H2,1-5H3. The number of aliphatic hydroxyl groups excluding tert-OH is 1. The molecule has 1 N–H and O–H groups in total. The zero-order valence-corrected chi connectivity index (χ0v) is 17.5. The van der Waals surface area contributed by atoms with E-state index in [2.05, 4.69) is 0 Å². The fraction of sp³-hybridized carbons (Fsp3) is 0.938. The number of ether oxygens (including phenoxy) is 2. The molecule has 0 aromatic heterocycles. The Balaban J connectivity index is 2.49. The van der Waals surface area contributed by atoms with Crippen LogP contribution in [0.15, 0.2) is 0 Å². The SMILES string of the molecule is CN(C)P(=O)(OCC(C)(C)C)N1CCN(C(=O)OCCOCCO)CC1. The maximum Gasteiger partial charge on any atom is 0.409 e. The van der Waals surface area contributed by atoms with E-state index in [9.17, 15) is 9.36 Å². The first-order valence-corrected chi connectivity index (χ1v) is 10.4. The molecule has 0 aromatic carbocycles. The van der Waals surface area contributed by atoms with E-state index in [0.29, 0.717) is 32.8 Å². The van der Waals surface area contributed by atoms with Crippen molar-refractivity contribution < 1.29 is 28.5 Å². The summed E-state index contributed by atoms with van der Waals surface area (Å²) in [6, 6.07) is 0. The lowest BCUT2D eigenvalue weighted by Gasteiger charge is -2.40. The van der Waals surface area contributed by atoms with Crippen molar-refractivity contribution in [1.29, 1.82) is 0 Å². The molecule has 26 heavy (non-hydrogen) atoms. The van der Waals surface area contributed by atoms with Gasteiger partial charge in [0.15, 0.2) is 0 Å². The maximum absolute atomic E-state index is 13.3. The summed E-state index contributed by atoms with van der Waals surface area (Å²) in [5, 5.41) is 8.61. The van der Waals surface area contributed by atoms with Crippen LogP contribution in [0.3, 0.4) is 0 Å². The van der Waals surface area contributed by atoms with Gasteiger partial charge in [0.25, 0.3) is 0 Å². The average Bonchev–Trinajstić information content (AvgIpc) is 2.58. The fourth-order valence-corrected chi connectivity index (χ4v) is 4.44. The molecule has 1 amide bonds. The van der Waals surface area contributed by atoms with Gasteiger partial charge in [-0.05, 0) is 19.5 Å². The number of aliphatic hydroxyl groups is 1. The molecule has 0 bridgehead atoms. The van der Waals surface area contributed by atoms with Crippen LogP contribution in [0.25, 0.3) is 0 Å². The molecule has 0 aromatic rings. The van der Waals surface area contributed by atoms with Crippen molar-refractivity contribution in [2.45, 2.75) is 20.8 Å². The number of hydrogen-bond donors (Lipinski definition) is 1. The Bertz CT molecular complexity index is 475. The molecule has 1 saturated heterocycles. The molecule has 1 aliphatic heterocycles. The highest BCUT2D eigenvalue weighted by Crippen LogP contribution is 2.53. The van der Waals surface area contributed by atoms with E-state index in [1.807, 2.05) is 25.4 Å². The minimum Gasteiger partial charge on any atom is -0.447 e. The highest BCUT2D eigenvalue weighted by atomic mass is 31.2. The number of carbonyl (C=O) groups is 1. The summed E-state index contributed by atoms with van der Waals surface area (Å²) in [5.41, 5.74) is -0.0879. The molecule has 9 nitrogen and oxygen atoms in total. The van der Waals surface area contributed by atoms with Gasteiger partial charge in [-0.1, -0.05) is 20.8 Å². The smallest absolute Gasteiger partial charge is 0.409 e. The van der Waals surface area contributed by atoms with Gasteiger partial charge in [-0.2, -0.15) is 0 Å². The Labute approximate surface area is 156 Å². The van der Waals surface area contributed by atoms with Crippen molar-refractivity contribution in [3.05, 3.63) is 0 Å². The highest BCUT2D eigenvalue weighted by Gasteiger charge is 2.38. The van der Waals surface area contributed by atoms with Crippen LogP contribution < -0.4 is 0 Å². The van der Waals surface area contributed by atoms with Gasteiger partial charge in [-0.25, -0.2) is 14.1 Å². The third-order valence-corrected chi connectivity index (χ3v) is 6.32. The van der Waals surface area contributed by atoms with E-state index in [1.165, 1.54) is 0 Å². The van der Waals surface area contributed by atoms with Crippen LogP contribution in [0.4, 0.5) is 4.79 Å². The van der Waals surface area contributed by atoms with Crippen LogP contribution >= 0.6 is 7.67 Å². The van der Waals surface area contributed by atoms with Crippen molar-refractivity contribution >= 4 is 13.8 Å². The summed E-state index contributed by atoms with van der Waals surface area (Å²) in [6.45, 7) is 8.81. The number of rotatable bonds is 9. The van der Waals surface area contributed by atoms with Gasteiger partial charge in [-0.3, -0.25) is 4.57 Å². The molecular weight excluding hydrogens is 361 g/mol. The minimum absolute atomic E-state index is 0.0564. The van der Waals surface area contributed by atoms with Crippen LogP contribution in [-0.4, -0.2) is 98.7 Å². The second-order valence-electron chi connectivity index (χ2n) is 7.56. The summed E-state index contributed by atoms with van der Waals surface area (Å²) in [6.07, 6.45) is -0.410. The van der Waals surface area contributed by atoms with E-state index >= 15 is 0 Å². The van der Waals surface area contributed by atoms with Gasteiger partial charge in [0.1, 0.15) is 6.61 Å². The molecule has 154 valence electrons. The summed E-state index contributed by atoms with van der Waals surface area (Å²) in [5.74, 6) is 0. The molecule has 1 fully saturated rings. The normalized spacial score (nSPS) is 18.8. The van der Waals surface area contributed by atoms with Crippen LogP contribution in [0.5, 0.6) is 0 Å². The molecule has 0 saturated carbocycles. The van der Waals surface area contributed by atoms with Crippen molar-refractivity contribution in [2.75, 3.05) is 73.3 Å². The summed E-state index contributed by atoms with van der Waals surface area (Å²) < 4.78 is 32.8. The Kier molecular flexibility index (Phi) is 9.50. The first-order valence-electron chi connectivity index (χ1n) is 8.88. The number of carbonyl (C=O) groups excluding carboxylic acids is 1. The lowest BCUT2D eigenvalue weighted by molar-refractivity contribution is 0.0368. The first kappa shape index (κ1) is 23.3. The van der Waals surface area contributed by atoms with Crippen LogP contribution in [0, 0.1) is 5.41 Å². The van der Waals surface area contributed by atoms with E-state index in [-0.39, 0.29) is 31.8 Å². The zero-order chi connectivity index (χ0) is 19.8. The first-order chi connectivity index (χ1) is 12.1. The van der Waals surface area contributed by atoms with Crippen molar-refractivity contribution in [1.82, 2.24) is 14.2 Å². The van der Waals surface area contributed by atoms with Gasteiger partial charge in [0.05, 0.1) is 26.4 Å². The highest BCUT2D eigenvalue weighted by molar-refractivity contribution is 7.53. The fourth-order valence-electron chi connectivity index (χ4n) is 2.30. The summed E-state index contributed by atoms with van der Waals surface area (Å²) in [4.78, 5) is 13.6. The Morgan fingerprint density at radius 1 is 1.12 bits per heavy atom. The lowest BCUT2D eigenvalue weighted by atomic mass is 9.99. The maximum atomic E-state index is 13.3. The van der Waals surface area contributed by atoms with Gasteiger partial charge < -0.3 is 24.0 Å². The third-order valence-electron chi connectivity index (χ3n) is 3.73. The molecule has 1 heterocycles. The van der Waals surface area contributed by atoms with E-state index in [4.69, 9.17) is 19.1 Å². The Hall–Kier alpha value is -0.700. The monoisotopic (exact) mass is 395 g/mol. The summed E-state index contributed by atoms with van der Waals surface area (Å²) in [7, 11) is 0.383. The van der Waals surface area contributed by atoms with Crippen molar-refractivity contribution in [2.24, 2.45) is 5.41 Å². The topological polar surface area (TPSA) is 91.8 Å². The van der Waals surface area contributed by atoms with Gasteiger partial charge in [0.2, 0.25) is 0 Å². The number of amides is 1. The van der Waals surface area contributed by atoms with Gasteiger partial charge in [0, 0.05) is 26.2 Å². The van der Waals surface area contributed by atoms with Crippen molar-refractivity contribution in [3.63, 3.8) is 0 Å². The van der Waals surface area contributed by atoms with E-state index < -0.39 is 13.8 Å². The van der Waals surface area contributed by atoms with E-state index in [1.54, 1.807) is 23.7 Å². The molecule has 1 unspecified atom stereocenters. The molecule has 0 radical (unpaired) electrons. The summed E-state index contributed by atoms with van der Waals surface area (Å²) >= 11 is 0. The molecule has 1 atom stereocenters. The molecular formula is C16H34N3O6P. The average molecular weight is 395 g/mol. The molecule has 1 rings (SSSR count). The number of nitrogens with zero attached hydrogens (tertiary/aromatic N) is 3. The predicted octanol–water partition coefficient (Wildman–Crippen LogP) is 1.48. The van der Waals surface area contributed by atoms with Crippen LogP contribution in [-0.2, 0) is 18.6 Å². The van der Waals surface area contributed by atoms with Crippen LogP contribution in [0.1, 0.15) is 20.8 Å². The lowest BCUT2D eigenvalue weighted by Crippen LogP contribution is -2.49. The largest absolute Gasteiger partial charge is 0.447 e. The molecule has 0 aliphatic carbocycles. The third kappa shape index (κ3) is 7.50. The Morgan fingerprint density at radius 2 is 1.73 bits per heavy atom. The van der Waals surface area contributed by atoms with Crippen LogP contribution in [0.2, 0.25) is 0 Å². The minimum atomic E-state index is -3.11. The zero-order valence-electron chi connectivity index (χ0n) is 16.6. The molecule has 10 heteroatoms. The molecule has 0 spiro atoms. The molecule has 1 aliphatic rings. The quantitative estimate of drug-likeness (QED) is 0.464. The van der Waals surface area contributed by atoms with E-state index in [0.717, 1.165) is 0 Å². The Morgan fingerprint density at radius 3 is 2.23 bits per heavy atom. The second kappa shape index (κ2) is 10.6. The second-order valence-corrected chi connectivity index (χ2v) is 10.2. The predicted molar refractivity (Wildman–Crippen MR) is 99.1 cm³/mol. The number of piperazine rings is 1. The number of hydrogen-bond acceptors (Lipinski definition) is 6. The van der Waals surface area contributed by atoms with Gasteiger partial charge in [-0.15, -0.1) is 0 Å². The van der Waals surface area contributed by atoms with Gasteiger partial charge >= 0.3 is 13.8 Å². The van der Waals surface area contributed by atoms with Crippen molar-refractivity contribution in [3.8, 4) is 0 Å².